The first-order chi connectivity index (χ1) is 21.1. The van der Waals surface area contributed by atoms with Crippen molar-refractivity contribution in [1.29, 1.82) is 0 Å². The van der Waals surface area contributed by atoms with Gasteiger partial charge in [0, 0.05) is 36.6 Å². The van der Waals surface area contributed by atoms with Gasteiger partial charge in [-0.05, 0) is 23.7 Å². The fourth-order valence-corrected chi connectivity index (χ4v) is 6.53. The normalized spacial score (nSPS) is 11.2. The second kappa shape index (κ2) is 32.7. The maximum atomic E-state index is 11.4. The number of unbranched alkanes of at least 4 members (excludes halogenated alkanes) is 15. The Morgan fingerprint density at radius 1 is 0.444 bits per heavy atom. The summed E-state index contributed by atoms with van der Waals surface area (Å²) in [6.07, 6.45) is 22.5. The average molecular weight is 651 g/mol. The molecule has 7 heteroatoms. The second-order valence-electron chi connectivity index (χ2n) is 14.1. The van der Waals surface area contributed by atoms with E-state index < -0.39 is 24.8 Å². The molecule has 0 unspecified atom stereocenters. The number of hydrogen-bond acceptors (Lipinski definition) is 6. The van der Waals surface area contributed by atoms with Crippen LogP contribution in [0.1, 0.15) is 178 Å². The van der Waals surface area contributed by atoms with Crippen LogP contribution >= 0.6 is 0 Å². The summed E-state index contributed by atoms with van der Waals surface area (Å²) in [6.45, 7) is 17.7. The number of Topliss-reactive ketones (excluding diaryl/α,β-unsaturated/α-hetero) is 2. The molecular formula is C38H71AlO6. The van der Waals surface area contributed by atoms with Gasteiger partial charge in [-0.25, -0.2) is 0 Å². The zero-order valence-corrected chi connectivity index (χ0v) is 32.1. The molecule has 0 aromatic carbocycles. The van der Waals surface area contributed by atoms with E-state index in [2.05, 4.69) is 23.2 Å². The molecule has 0 aliphatic rings. The van der Waals surface area contributed by atoms with Crippen LogP contribution in [0.5, 0.6) is 0 Å². The summed E-state index contributed by atoms with van der Waals surface area (Å²) in [5.41, 5.74) is 0. The summed E-state index contributed by atoms with van der Waals surface area (Å²) in [5, 5.41) is 21.7. The van der Waals surface area contributed by atoms with E-state index in [1.807, 2.05) is 55.4 Å². The van der Waals surface area contributed by atoms with E-state index in [0.29, 0.717) is 0 Å². The Morgan fingerprint density at radius 2 is 0.667 bits per heavy atom. The fraction of sp³-hybridized carbons (Fsp3) is 0.895. The molecule has 0 aliphatic heterocycles. The van der Waals surface area contributed by atoms with E-state index in [0.717, 1.165) is 0 Å². The molecule has 6 nitrogen and oxygen atoms in total. The van der Waals surface area contributed by atoms with E-state index in [9.17, 15) is 29.4 Å². The summed E-state index contributed by atoms with van der Waals surface area (Å²) in [7, 11) is 0. The molecule has 262 valence electrons. The third kappa shape index (κ3) is 32.5. The summed E-state index contributed by atoms with van der Waals surface area (Å²) in [5.74, 6) is -2.59. The number of hydrogen-bond donors (Lipinski definition) is 0. The van der Waals surface area contributed by atoms with E-state index in [4.69, 9.17) is 0 Å². The minimum absolute atomic E-state index is 0.169. The van der Waals surface area contributed by atoms with Gasteiger partial charge in [0.25, 0.3) is 0 Å². The predicted molar refractivity (Wildman–Crippen MR) is 186 cm³/mol. The zero-order chi connectivity index (χ0) is 35.2. The number of rotatable bonds is 26. The molecule has 0 aromatic rings. The number of carbonyl (C=O) groups excluding carboxylic acids is 4. The van der Waals surface area contributed by atoms with Crippen molar-refractivity contribution in [1.82, 2.24) is 0 Å². The van der Waals surface area contributed by atoms with Gasteiger partial charge in [-0.1, -0.05) is 94.4 Å². The summed E-state index contributed by atoms with van der Waals surface area (Å²) >= 11 is 2.83. The summed E-state index contributed by atoms with van der Waals surface area (Å²) in [4.78, 5) is 43.3. The number of carboxylic acid groups (broad SMARTS) is 2. The monoisotopic (exact) mass is 651 g/mol. The third-order valence-corrected chi connectivity index (χ3v) is 8.72. The topological polar surface area (TPSA) is 114 Å². The Hall–Kier alpha value is -1.19. The average Bonchev–Trinajstić information content (AvgIpc) is 2.90. The molecular weight excluding hydrogens is 579 g/mol. The molecule has 0 bridgehead atoms. The third-order valence-electron chi connectivity index (χ3n) is 8.31. The zero-order valence-electron chi connectivity index (χ0n) is 30.9. The molecule has 0 spiro atoms. The standard InChI is InChI=1S/C18H37.2C10H18O3.Al/c1-3-5-7-9-11-13-15-17-18-16-14-12-10-8-6-4-2;2*1-6(2)10(7(3)4)8(11)5-9(12)13;/h1,3-18H2,2H3;2*6-7,10H,5H2,1-4H3,(H,12,13);/q;;;+2/p-2. The molecule has 0 heterocycles. The molecule has 0 aromatic heterocycles. The number of carboxylic acids is 2. The van der Waals surface area contributed by atoms with Crippen molar-refractivity contribution in [3.05, 3.63) is 0 Å². The van der Waals surface area contributed by atoms with E-state index in [1.54, 1.807) is 0 Å². The number of ketones is 2. The first-order valence-corrected chi connectivity index (χ1v) is 19.1. The number of aliphatic carboxylic acids is 2. The van der Waals surface area contributed by atoms with Crippen LogP contribution in [0.3, 0.4) is 0 Å². The maximum absolute atomic E-state index is 11.4. The Morgan fingerprint density at radius 3 is 0.844 bits per heavy atom. The molecule has 0 aliphatic carbocycles. The molecule has 0 fully saturated rings. The van der Waals surface area contributed by atoms with Gasteiger partial charge in [-0.3, -0.25) is 9.59 Å². The molecule has 0 amide bonds. The van der Waals surface area contributed by atoms with Gasteiger partial charge in [-0.2, -0.15) is 0 Å². The van der Waals surface area contributed by atoms with Gasteiger partial charge >= 0.3 is 92.2 Å². The summed E-state index contributed by atoms with van der Waals surface area (Å²) < 4.78 is 0. The molecule has 0 saturated heterocycles. The van der Waals surface area contributed by atoms with E-state index in [-0.39, 0.29) is 47.1 Å². The molecule has 0 radical (unpaired) electrons. The van der Waals surface area contributed by atoms with Crippen molar-refractivity contribution >= 4 is 39.8 Å². The molecule has 45 heavy (non-hydrogen) atoms. The number of carbonyl (C=O) groups is 4. The Balaban J connectivity index is -0.000000606. The molecule has 0 atom stereocenters. The van der Waals surface area contributed by atoms with Crippen LogP contribution in [0.25, 0.3) is 0 Å². The van der Waals surface area contributed by atoms with Gasteiger partial charge in [-0.15, -0.1) is 0 Å². The van der Waals surface area contributed by atoms with Crippen molar-refractivity contribution in [2.24, 2.45) is 35.5 Å². The predicted octanol–water partition coefficient (Wildman–Crippen LogP) is 8.08. The van der Waals surface area contributed by atoms with Gasteiger partial charge in [0.1, 0.15) is 11.6 Å². The van der Waals surface area contributed by atoms with Crippen LogP contribution in [0.15, 0.2) is 0 Å². The quantitative estimate of drug-likeness (QED) is 0.0531. The van der Waals surface area contributed by atoms with E-state index >= 15 is 0 Å². The van der Waals surface area contributed by atoms with Crippen molar-refractivity contribution in [2.45, 2.75) is 183 Å². The van der Waals surface area contributed by atoms with Gasteiger partial charge in [0.05, 0.1) is 0 Å². The van der Waals surface area contributed by atoms with Crippen LogP contribution < -0.4 is 10.2 Å². The fourth-order valence-electron chi connectivity index (χ4n) is 6.24. The van der Waals surface area contributed by atoms with Crippen LogP contribution in [-0.4, -0.2) is 39.8 Å². The second-order valence-corrected chi connectivity index (χ2v) is 14.7. The SMILES string of the molecule is CC(C)C(C(=O)CC(=O)[O-])C(C)C.CC(C)C(C(=O)CC(=O)[O-])C(C)C.CCCCCCCCCCCCCCCCC[CH2][Al+2]. The van der Waals surface area contributed by atoms with Crippen molar-refractivity contribution in [2.75, 3.05) is 0 Å². The van der Waals surface area contributed by atoms with Crippen molar-refractivity contribution < 1.29 is 29.4 Å². The summed E-state index contributed by atoms with van der Waals surface area (Å²) in [6, 6.07) is 0. The molecule has 0 rings (SSSR count). The van der Waals surface area contributed by atoms with Crippen LogP contribution in [0.4, 0.5) is 0 Å². The Labute approximate surface area is 287 Å². The van der Waals surface area contributed by atoms with Crippen LogP contribution in [-0.2, 0) is 19.2 Å². The van der Waals surface area contributed by atoms with Gasteiger partial charge in [0.2, 0.25) is 0 Å². The Bertz CT molecular complexity index is 656. The van der Waals surface area contributed by atoms with Crippen LogP contribution in [0.2, 0.25) is 5.28 Å². The minimum atomic E-state index is -1.28. The van der Waals surface area contributed by atoms with E-state index in [1.165, 1.54) is 108 Å². The van der Waals surface area contributed by atoms with Gasteiger partial charge in [0.15, 0.2) is 0 Å². The van der Waals surface area contributed by atoms with Crippen molar-refractivity contribution in [3.8, 4) is 0 Å². The molecule has 0 N–H and O–H groups in total. The van der Waals surface area contributed by atoms with Crippen LogP contribution in [0, 0.1) is 35.5 Å². The first kappa shape index (κ1) is 48.2. The van der Waals surface area contributed by atoms with Gasteiger partial charge < -0.3 is 19.8 Å². The van der Waals surface area contributed by atoms with Crippen molar-refractivity contribution in [3.63, 3.8) is 0 Å². The Kier molecular flexibility index (Phi) is 35.1. The molecule has 0 saturated carbocycles. The first-order valence-electron chi connectivity index (χ1n) is 18.3.